The molecule has 0 saturated heterocycles. The number of hydrogen-bond donors (Lipinski definition) is 1. The van der Waals surface area contributed by atoms with Crippen LogP contribution in [0.1, 0.15) is 11.1 Å². The number of aromatic nitrogens is 4. The van der Waals surface area contributed by atoms with Crippen molar-refractivity contribution >= 4 is 34.4 Å². The second-order valence-electron chi connectivity index (χ2n) is 6.72. The van der Waals surface area contributed by atoms with Crippen LogP contribution in [-0.2, 0) is 4.79 Å². The molecule has 0 spiro atoms. The number of benzene rings is 2. The van der Waals surface area contributed by atoms with Gasteiger partial charge >= 0.3 is 0 Å². The lowest BCUT2D eigenvalue weighted by atomic mass is 10.1. The van der Waals surface area contributed by atoms with Gasteiger partial charge in [-0.3, -0.25) is 4.79 Å². The van der Waals surface area contributed by atoms with Gasteiger partial charge in [0.15, 0.2) is 5.65 Å². The van der Waals surface area contributed by atoms with Crippen LogP contribution < -0.4 is 5.32 Å². The number of nitrogens with zero attached hydrogens (tertiary/aromatic N) is 4. The minimum absolute atomic E-state index is 0.00231. The Morgan fingerprint density at radius 3 is 2.73 bits per heavy atom. The molecule has 4 rings (SSSR count). The molecule has 0 aliphatic rings. The maximum atomic E-state index is 13.7. The van der Waals surface area contributed by atoms with Gasteiger partial charge in [-0.2, -0.15) is 5.10 Å². The molecule has 1 N–H and O–H groups in total. The number of fused-ring (bicyclic) bond motifs is 1. The van der Waals surface area contributed by atoms with E-state index in [1.54, 1.807) is 10.9 Å². The third-order valence-electron chi connectivity index (χ3n) is 4.45. The highest BCUT2D eigenvalue weighted by Crippen LogP contribution is 2.27. The Kier molecular flexibility index (Phi) is 5.45. The highest BCUT2D eigenvalue weighted by molar-refractivity contribution is 8.00. The van der Waals surface area contributed by atoms with Crippen molar-refractivity contribution in [2.24, 2.45) is 0 Å². The molecule has 0 saturated carbocycles. The van der Waals surface area contributed by atoms with Gasteiger partial charge in [-0.1, -0.05) is 29.5 Å². The lowest BCUT2D eigenvalue weighted by Gasteiger charge is -2.08. The van der Waals surface area contributed by atoms with Crippen molar-refractivity contribution in [2.75, 3.05) is 11.1 Å². The summed E-state index contributed by atoms with van der Waals surface area (Å²) in [4.78, 5) is 20.8. The van der Waals surface area contributed by atoms with Crippen LogP contribution in [-0.4, -0.2) is 31.4 Å². The second kappa shape index (κ2) is 8.19. The third kappa shape index (κ3) is 4.02. The first kappa shape index (κ1) is 20.0. The van der Waals surface area contributed by atoms with Gasteiger partial charge in [-0.15, -0.1) is 0 Å². The molecule has 0 unspecified atom stereocenters. The molecule has 152 valence electrons. The van der Waals surface area contributed by atoms with E-state index >= 15 is 0 Å². The molecular weight excluding hydrogens is 408 g/mol. The van der Waals surface area contributed by atoms with E-state index in [1.165, 1.54) is 24.2 Å². The molecule has 0 radical (unpaired) electrons. The predicted molar refractivity (Wildman–Crippen MR) is 112 cm³/mol. The van der Waals surface area contributed by atoms with E-state index in [4.69, 9.17) is 0 Å². The quantitative estimate of drug-likeness (QED) is 0.378. The van der Waals surface area contributed by atoms with Gasteiger partial charge < -0.3 is 5.32 Å². The van der Waals surface area contributed by atoms with Crippen LogP contribution in [0, 0.1) is 25.5 Å². The van der Waals surface area contributed by atoms with Gasteiger partial charge in [0.25, 0.3) is 0 Å². The van der Waals surface area contributed by atoms with Crippen molar-refractivity contribution in [1.82, 2.24) is 19.7 Å². The number of halogens is 2. The molecule has 0 aliphatic carbocycles. The minimum atomic E-state index is -0.826. The van der Waals surface area contributed by atoms with Crippen molar-refractivity contribution in [3.63, 3.8) is 0 Å². The maximum Gasteiger partial charge on any atom is 0.234 e. The van der Waals surface area contributed by atoms with E-state index in [1.807, 2.05) is 26.0 Å². The molecule has 30 heavy (non-hydrogen) atoms. The molecule has 0 aliphatic heterocycles. The molecule has 0 fully saturated rings. The Balaban J connectivity index is 1.54. The Morgan fingerprint density at radius 1 is 1.13 bits per heavy atom. The van der Waals surface area contributed by atoms with Crippen LogP contribution in [0.2, 0.25) is 0 Å². The van der Waals surface area contributed by atoms with Crippen molar-refractivity contribution in [2.45, 2.75) is 18.9 Å². The van der Waals surface area contributed by atoms with Gasteiger partial charge in [0.2, 0.25) is 5.91 Å². The molecule has 6 nitrogen and oxygen atoms in total. The third-order valence-corrected chi connectivity index (χ3v) is 5.46. The van der Waals surface area contributed by atoms with Crippen LogP contribution in [0.15, 0.2) is 53.9 Å². The molecule has 2 heterocycles. The van der Waals surface area contributed by atoms with Crippen molar-refractivity contribution in [3.05, 3.63) is 71.7 Å². The number of nitrogens with one attached hydrogen (secondary N) is 1. The number of thioether (sulfide) groups is 1. The standard InChI is InChI=1S/C21H17F2N5OS/c1-12-3-6-18(13(2)7-12)28-20-15(9-26-28)21(25-11-24-20)30-10-19(29)27-17-5-4-14(22)8-16(17)23/h3-9,11H,10H2,1-2H3,(H,27,29). The summed E-state index contributed by atoms with van der Waals surface area (Å²) >= 11 is 1.19. The Morgan fingerprint density at radius 2 is 1.97 bits per heavy atom. The van der Waals surface area contributed by atoms with Gasteiger partial charge in [-0.05, 0) is 37.6 Å². The highest BCUT2D eigenvalue weighted by Gasteiger charge is 2.15. The summed E-state index contributed by atoms with van der Waals surface area (Å²) in [7, 11) is 0. The number of anilines is 1. The number of carbonyl (C=O) groups is 1. The maximum absolute atomic E-state index is 13.7. The summed E-state index contributed by atoms with van der Waals surface area (Å²) in [5.41, 5.74) is 3.69. The molecule has 1 amide bonds. The molecule has 2 aromatic heterocycles. The van der Waals surface area contributed by atoms with Crippen LogP contribution >= 0.6 is 11.8 Å². The zero-order valence-electron chi connectivity index (χ0n) is 16.2. The fourth-order valence-electron chi connectivity index (χ4n) is 3.07. The van der Waals surface area contributed by atoms with E-state index in [0.717, 1.165) is 28.9 Å². The minimum Gasteiger partial charge on any atom is -0.323 e. The van der Waals surface area contributed by atoms with Crippen molar-refractivity contribution < 1.29 is 13.6 Å². The number of amides is 1. The van der Waals surface area contributed by atoms with Crippen molar-refractivity contribution in [3.8, 4) is 5.69 Å². The summed E-state index contributed by atoms with van der Waals surface area (Å²) in [5.74, 6) is -1.96. The smallest absolute Gasteiger partial charge is 0.234 e. The molecular formula is C21H17F2N5OS. The zero-order chi connectivity index (χ0) is 21.3. The fourth-order valence-corrected chi connectivity index (χ4v) is 3.83. The van der Waals surface area contributed by atoms with E-state index < -0.39 is 17.5 Å². The average Bonchev–Trinajstić information content (AvgIpc) is 3.13. The first-order chi connectivity index (χ1) is 14.4. The lowest BCUT2D eigenvalue weighted by molar-refractivity contribution is -0.113. The Hall–Kier alpha value is -3.33. The van der Waals surface area contributed by atoms with E-state index in [0.29, 0.717) is 16.1 Å². The van der Waals surface area contributed by atoms with Crippen molar-refractivity contribution in [1.29, 1.82) is 0 Å². The molecule has 4 aromatic rings. The summed E-state index contributed by atoms with van der Waals surface area (Å²) in [6.45, 7) is 4.03. The van der Waals surface area contributed by atoms with E-state index in [-0.39, 0.29) is 11.4 Å². The lowest BCUT2D eigenvalue weighted by Crippen LogP contribution is -2.15. The van der Waals surface area contributed by atoms with Crippen LogP contribution in [0.25, 0.3) is 16.7 Å². The van der Waals surface area contributed by atoms with Gasteiger partial charge in [0.05, 0.1) is 28.7 Å². The largest absolute Gasteiger partial charge is 0.323 e. The topological polar surface area (TPSA) is 72.7 Å². The number of aryl methyl sites for hydroxylation is 2. The van der Waals surface area contributed by atoms with Crippen LogP contribution in [0.3, 0.4) is 0 Å². The van der Waals surface area contributed by atoms with Crippen LogP contribution in [0.4, 0.5) is 14.5 Å². The number of hydrogen-bond acceptors (Lipinski definition) is 5. The second-order valence-corrected chi connectivity index (χ2v) is 7.69. The molecule has 2 aromatic carbocycles. The predicted octanol–water partition coefficient (Wildman–Crippen LogP) is 4.44. The first-order valence-corrected chi connectivity index (χ1v) is 10.0. The van der Waals surface area contributed by atoms with E-state index in [2.05, 4.69) is 26.4 Å². The first-order valence-electron chi connectivity index (χ1n) is 9.06. The van der Waals surface area contributed by atoms with Gasteiger partial charge in [0.1, 0.15) is 23.0 Å². The molecule has 0 atom stereocenters. The Bertz CT molecular complexity index is 1260. The van der Waals surface area contributed by atoms with Crippen LogP contribution in [0.5, 0.6) is 0 Å². The SMILES string of the molecule is Cc1ccc(-n2ncc3c(SCC(=O)Nc4ccc(F)cc4F)ncnc32)c(C)c1. The fraction of sp³-hybridized carbons (Fsp3) is 0.143. The molecule has 9 heteroatoms. The summed E-state index contributed by atoms with van der Waals surface area (Å²) in [5, 5.41) is 8.18. The Labute approximate surface area is 175 Å². The average molecular weight is 425 g/mol. The summed E-state index contributed by atoms with van der Waals surface area (Å²) < 4.78 is 28.4. The highest BCUT2D eigenvalue weighted by atomic mass is 32.2. The number of rotatable bonds is 5. The molecule has 0 bridgehead atoms. The monoisotopic (exact) mass is 425 g/mol. The van der Waals surface area contributed by atoms with Gasteiger partial charge in [-0.25, -0.2) is 23.4 Å². The zero-order valence-corrected chi connectivity index (χ0v) is 17.0. The number of carbonyl (C=O) groups excluding carboxylic acids is 1. The summed E-state index contributed by atoms with van der Waals surface area (Å²) in [6.07, 6.45) is 3.08. The van der Waals surface area contributed by atoms with E-state index in [9.17, 15) is 13.6 Å². The summed E-state index contributed by atoms with van der Waals surface area (Å²) in [6, 6.07) is 9.05. The normalized spacial score (nSPS) is 11.1. The van der Waals surface area contributed by atoms with Gasteiger partial charge in [0, 0.05) is 6.07 Å².